The number of ether oxygens (including phenoxy) is 1. The maximum Gasteiger partial charge on any atom is 0.354 e. The molecule has 0 aromatic heterocycles. The number of hydrogen-bond acceptors (Lipinski definition) is 5. The van der Waals surface area contributed by atoms with Crippen LogP contribution in [0.25, 0.3) is 0 Å². The number of amides is 2. The number of rotatable bonds is 4. The van der Waals surface area contributed by atoms with Gasteiger partial charge in [-0.05, 0) is 25.0 Å². The van der Waals surface area contributed by atoms with Crippen LogP contribution in [0.4, 0.5) is 10.5 Å². The molecule has 0 bridgehead atoms. The van der Waals surface area contributed by atoms with Gasteiger partial charge in [-0.25, -0.2) is 9.59 Å². The lowest BCUT2D eigenvalue weighted by molar-refractivity contribution is -0.384. The lowest BCUT2D eigenvalue weighted by atomic mass is 9.96. The van der Waals surface area contributed by atoms with E-state index in [-0.39, 0.29) is 18.0 Å². The van der Waals surface area contributed by atoms with E-state index in [1.807, 2.05) is 0 Å². The first kappa shape index (κ1) is 15.5. The van der Waals surface area contributed by atoms with Crippen LogP contribution in [0.2, 0.25) is 0 Å². The number of non-ortho nitro benzene ring substituents is 1. The van der Waals surface area contributed by atoms with E-state index in [9.17, 15) is 19.7 Å². The molecule has 0 aliphatic carbocycles. The van der Waals surface area contributed by atoms with Gasteiger partial charge in [0.2, 0.25) is 0 Å². The average molecular weight is 305 g/mol. The summed E-state index contributed by atoms with van der Waals surface area (Å²) in [5.41, 5.74) is 1.01. The molecule has 0 saturated heterocycles. The van der Waals surface area contributed by atoms with E-state index in [0.717, 1.165) is 0 Å². The predicted octanol–water partition coefficient (Wildman–Crippen LogP) is 1.79. The summed E-state index contributed by atoms with van der Waals surface area (Å²) in [6.07, 6.45) is 0. The molecule has 1 aromatic rings. The van der Waals surface area contributed by atoms with Gasteiger partial charge >= 0.3 is 12.0 Å². The Hall–Kier alpha value is -2.90. The van der Waals surface area contributed by atoms with Crippen LogP contribution in [0.15, 0.2) is 35.5 Å². The number of nitrogens with zero attached hydrogens (tertiary/aromatic N) is 1. The number of nitro groups is 1. The third-order valence-corrected chi connectivity index (χ3v) is 3.24. The molecule has 2 amide bonds. The summed E-state index contributed by atoms with van der Waals surface area (Å²) in [7, 11) is 0. The highest BCUT2D eigenvalue weighted by atomic mass is 16.6. The second kappa shape index (κ2) is 6.25. The third-order valence-electron chi connectivity index (χ3n) is 3.24. The minimum Gasteiger partial charge on any atom is -0.461 e. The average Bonchev–Trinajstić information content (AvgIpc) is 2.49. The molecular formula is C14H15N3O5. The Kier molecular flexibility index (Phi) is 4.40. The molecule has 2 N–H and O–H groups in total. The number of esters is 1. The van der Waals surface area contributed by atoms with Gasteiger partial charge in [-0.2, -0.15) is 0 Å². The van der Waals surface area contributed by atoms with Crippen molar-refractivity contribution in [3.05, 3.63) is 51.2 Å². The third kappa shape index (κ3) is 3.05. The topological polar surface area (TPSA) is 111 Å². The predicted molar refractivity (Wildman–Crippen MR) is 76.8 cm³/mol. The first-order valence-electron chi connectivity index (χ1n) is 6.63. The zero-order valence-electron chi connectivity index (χ0n) is 12.1. The summed E-state index contributed by atoms with van der Waals surface area (Å²) in [5.74, 6) is -0.634. The minimum absolute atomic E-state index is 0.0575. The van der Waals surface area contributed by atoms with Crippen molar-refractivity contribution in [2.45, 2.75) is 19.9 Å². The highest BCUT2D eigenvalue weighted by molar-refractivity contribution is 5.96. The molecule has 1 aromatic carbocycles. The van der Waals surface area contributed by atoms with Crippen LogP contribution in [0.1, 0.15) is 25.5 Å². The van der Waals surface area contributed by atoms with Crippen LogP contribution < -0.4 is 10.6 Å². The molecule has 22 heavy (non-hydrogen) atoms. The minimum atomic E-state index is -0.634. The molecule has 0 spiro atoms. The number of urea groups is 1. The van der Waals surface area contributed by atoms with Crippen LogP contribution in [-0.2, 0) is 9.53 Å². The Bertz CT molecular complexity index is 668. The van der Waals surface area contributed by atoms with Gasteiger partial charge in [-0.15, -0.1) is 0 Å². The SMILES string of the molecule is CCOC(=O)C1=C(C)[C@@H](c2cccc([N+](=O)[O-])c2)NC(=O)N1. The van der Waals surface area contributed by atoms with E-state index in [2.05, 4.69) is 10.6 Å². The lowest BCUT2D eigenvalue weighted by Crippen LogP contribution is -2.45. The first-order valence-corrected chi connectivity index (χ1v) is 6.63. The Morgan fingerprint density at radius 1 is 1.45 bits per heavy atom. The molecular weight excluding hydrogens is 290 g/mol. The van der Waals surface area contributed by atoms with E-state index in [1.165, 1.54) is 18.2 Å². The van der Waals surface area contributed by atoms with E-state index >= 15 is 0 Å². The van der Waals surface area contributed by atoms with Gasteiger partial charge in [0, 0.05) is 12.1 Å². The summed E-state index contributed by atoms with van der Waals surface area (Å²) in [6, 6.07) is 4.70. The van der Waals surface area contributed by atoms with E-state index in [1.54, 1.807) is 19.9 Å². The summed E-state index contributed by atoms with van der Waals surface area (Å²) in [5, 5.41) is 15.9. The van der Waals surface area contributed by atoms with Gasteiger partial charge in [0.15, 0.2) is 0 Å². The lowest BCUT2D eigenvalue weighted by Gasteiger charge is -2.27. The van der Waals surface area contributed by atoms with E-state index in [4.69, 9.17) is 4.74 Å². The van der Waals surface area contributed by atoms with Crippen LogP contribution in [0, 0.1) is 10.1 Å². The van der Waals surface area contributed by atoms with Crippen LogP contribution in [0.5, 0.6) is 0 Å². The van der Waals surface area contributed by atoms with Crippen molar-refractivity contribution in [1.29, 1.82) is 0 Å². The summed E-state index contributed by atoms with van der Waals surface area (Å²) in [6.45, 7) is 3.50. The molecule has 0 radical (unpaired) electrons. The zero-order valence-corrected chi connectivity index (χ0v) is 12.1. The van der Waals surface area contributed by atoms with Crippen LogP contribution in [-0.4, -0.2) is 23.5 Å². The molecule has 116 valence electrons. The highest BCUT2D eigenvalue weighted by Crippen LogP contribution is 2.28. The maximum atomic E-state index is 11.9. The standard InChI is InChI=1S/C14H15N3O5/c1-3-22-13(18)12-8(2)11(15-14(19)16-12)9-5-4-6-10(7-9)17(20)21/h4-7,11H,3H2,1-2H3,(H2,15,16,19)/t11-/m0/s1. The molecule has 1 aliphatic rings. The molecule has 1 heterocycles. The molecule has 8 heteroatoms. The van der Waals surface area contributed by atoms with Crippen LogP contribution >= 0.6 is 0 Å². The Morgan fingerprint density at radius 3 is 2.82 bits per heavy atom. The Morgan fingerprint density at radius 2 is 2.18 bits per heavy atom. The summed E-state index contributed by atoms with van der Waals surface area (Å²) >= 11 is 0. The van der Waals surface area contributed by atoms with Crippen LogP contribution in [0.3, 0.4) is 0 Å². The molecule has 1 aliphatic heterocycles. The number of benzene rings is 1. The molecule has 8 nitrogen and oxygen atoms in total. The number of carbonyl (C=O) groups excluding carboxylic acids is 2. The fraction of sp³-hybridized carbons (Fsp3) is 0.286. The normalized spacial score (nSPS) is 17.5. The van der Waals surface area contributed by atoms with Crippen molar-refractivity contribution < 1.29 is 19.2 Å². The smallest absolute Gasteiger partial charge is 0.354 e. The second-order valence-corrected chi connectivity index (χ2v) is 4.66. The number of nitrogens with one attached hydrogen (secondary N) is 2. The van der Waals surface area contributed by atoms with Gasteiger partial charge in [0.25, 0.3) is 5.69 Å². The number of hydrogen-bond donors (Lipinski definition) is 2. The molecule has 0 saturated carbocycles. The van der Waals surface area contributed by atoms with Crippen molar-refractivity contribution in [2.75, 3.05) is 6.61 Å². The van der Waals surface area contributed by atoms with Gasteiger partial charge in [-0.3, -0.25) is 10.1 Å². The highest BCUT2D eigenvalue weighted by Gasteiger charge is 2.30. The summed E-state index contributed by atoms with van der Waals surface area (Å²) < 4.78 is 4.90. The number of carbonyl (C=O) groups is 2. The molecule has 1 atom stereocenters. The monoisotopic (exact) mass is 305 g/mol. The fourth-order valence-electron chi connectivity index (χ4n) is 2.20. The molecule has 2 rings (SSSR count). The van der Waals surface area contributed by atoms with Gasteiger partial charge in [0.1, 0.15) is 5.70 Å². The van der Waals surface area contributed by atoms with Crippen molar-refractivity contribution in [3.63, 3.8) is 0 Å². The van der Waals surface area contributed by atoms with Gasteiger partial charge in [0.05, 0.1) is 17.6 Å². The Labute approximate surface area is 126 Å². The van der Waals surface area contributed by atoms with Crippen molar-refractivity contribution >= 4 is 17.7 Å². The summed E-state index contributed by atoms with van der Waals surface area (Å²) in [4.78, 5) is 34.0. The van der Waals surface area contributed by atoms with Gasteiger partial charge in [-0.1, -0.05) is 12.1 Å². The largest absolute Gasteiger partial charge is 0.461 e. The second-order valence-electron chi connectivity index (χ2n) is 4.66. The van der Waals surface area contributed by atoms with E-state index in [0.29, 0.717) is 11.1 Å². The van der Waals surface area contributed by atoms with Crippen molar-refractivity contribution in [1.82, 2.24) is 10.6 Å². The van der Waals surface area contributed by atoms with Crippen molar-refractivity contribution in [2.24, 2.45) is 0 Å². The fourth-order valence-corrected chi connectivity index (χ4v) is 2.20. The first-order chi connectivity index (χ1) is 10.4. The van der Waals surface area contributed by atoms with Crippen molar-refractivity contribution in [3.8, 4) is 0 Å². The zero-order chi connectivity index (χ0) is 16.3. The van der Waals surface area contributed by atoms with E-state index < -0.39 is 23.0 Å². The van der Waals surface area contributed by atoms with Gasteiger partial charge < -0.3 is 15.4 Å². The maximum absolute atomic E-state index is 11.9. The molecule has 0 fully saturated rings. The number of nitro benzene ring substituents is 1. The molecule has 0 unspecified atom stereocenters. The quantitative estimate of drug-likeness (QED) is 0.500. The Balaban J connectivity index is 2.43.